The van der Waals surface area contributed by atoms with Crippen molar-refractivity contribution in [3.05, 3.63) is 64.7 Å². The molecule has 0 saturated carbocycles. The maximum absolute atomic E-state index is 9.62. The fourth-order valence-corrected chi connectivity index (χ4v) is 2.26. The molecule has 0 unspecified atom stereocenters. The second-order valence-corrected chi connectivity index (χ2v) is 4.74. The lowest BCUT2D eigenvalue weighted by Crippen LogP contribution is -1.93. The fraction of sp³-hybridized carbons (Fsp3) is 0.0667. The molecule has 98 valence electrons. The molecule has 0 radical (unpaired) electrons. The quantitative estimate of drug-likeness (QED) is 0.729. The first-order valence-corrected chi connectivity index (χ1v) is 6.36. The van der Waals surface area contributed by atoms with Crippen LogP contribution in [0.15, 0.2) is 42.6 Å². The molecule has 0 aliphatic carbocycles. The number of aliphatic hydroxyl groups excluding tert-OH is 1. The van der Waals surface area contributed by atoms with Crippen molar-refractivity contribution in [3.63, 3.8) is 0 Å². The van der Waals surface area contributed by atoms with Crippen molar-refractivity contribution < 1.29 is 5.11 Å². The van der Waals surface area contributed by atoms with Crippen molar-refractivity contribution in [2.75, 3.05) is 0 Å². The minimum Gasteiger partial charge on any atom is -0.390 e. The average Bonchev–Trinajstić information content (AvgIpc) is 2.85. The van der Waals surface area contributed by atoms with Gasteiger partial charge in [0, 0.05) is 16.8 Å². The Morgan fingerprint density at radius 2 is 1.95 bits per heavy atom. The monoisotopic (exact) mass is 283 g/mol. The van der Waals surface area contributed by atoms with Gasteiger partial charge in [0.25, 0.3) is 0 Å². The smallest absolute Gasteiger partial charge is 0.203 e. The third kappa shape index (κ3) is 2.03. The highest BCUT2D eigenvalue weighted by molar-refractivity contribution is 6.30. The molecular weight excluding hydrogens is 274 g/mol. The van der Waals surface area contributed by atoms with Crippen LogP contribution in [-0.4, -0.2) is 14.5 Å². The van der Waals surface area contributed by atoms with E-state index in [9.17, 15) is 5.11 Å². The first-order valence-electron chi connectivity index (χ1n) is 5.98. The molecule has 3 aromatic rings. The Balaban J connectivity index is 2.25. The van der Waals surface area contributed by atoms with E-state index in [4.69, 9.17) is 18.2 Å². The molecule has 0 spiro atoms. The van der Waals surface area contributed by atoms with Crippen LogP contribution in [-0.2, 0) is 6.61 Å². The van der Waals surface area contributed by atoms with Gasteiger partial charge in [-0.1, -0.05) is 29.8 Å². The van der Waals surface area contributed by atoms with Gasteiger partial charge in [-0.15, -0.1) is 0 Å². The maximum Gasteiger partial charge on any atom is 0.203 e. The normalized spacial score (nSPS) is 10.7. The molecular formula is C15H10ClN3O. The number of aliphatic hydroxyl groups is 1. The van der Waals surface area contributed by atoms with Crippen molar-refractivity contribution in [2.45, 2.75) is 6.61 Å². The number of nitrogens with zero attached hydrogens (tertiary/aromatic N) is 3. The summed E-state index contributed by atoms with van der Waals surface area (Å²) in [4.78, 5) is 7.91. The number of benzene rings is 1. The molecule has 0 atom stereocenters. The summed E-state index contributed by atoms with van der Waals surface area (Å²) in [5, 5.41) is 10.3. The largest absolute Gasteiger partial charge is 0.390 e. The summed E-state index contributed by atoms with van der Waals surface area (Å²) in [5.74, 6) is 0. The van der Waals surface area contributed by atoms with Crippen molar-refractivity contribution >= 4 is 22.9 Å². The van der Waals surface area contributed by atoms with Crippen LogP contribution in [0.25, 0.3) is 21.7 Å². The second-order valence-electron chi connectivity index (χ2n) is 4.30. The predicted molar refractivity (Wildman–Crippen MR) is 77.8 cm³/mol. The van der Waals surface area contributed by atoms with Crippen LogP contribution in [0.1, 0.15) is 5.69 Å². The van der Waals surface area contributed by atoms with E-state index < -0.39 is 0 Å². The van der Waals surface area contributed by atoms with E-state index in [1.165, 1.54) is 0 Å². The van der Waals surface area contributed by atoms with Crippen LogP contribution in [0.2, 0.25) is 5.02 Å². The summed E-state index contributed by atoms with van der Waals surface area (Å²) >= 11 is 5.88. The molecule has 0 amide bonds. The summed E-state index contributed by atoms with van der Waals surface area (Å²) in [6, 6.07) is 10.8. The Morgan fingerprint density at radius 1 is 1.20 bits per heavy atom. The number of pyridine rings is 1. The second kappa shape index (κ2) is 4.97. The molecule has 20 heavy (non-hydrogen) atoms. The zero-order chi connectivity index (χ0) is 14.1. The zero-order valence-corrected chi connectivity index (χ0v) is 11.2. The molecule has 0 fully saturated rings. The number of aromatic nitrogens is 2. The van der Waals surface area contributed by atoms with Crippen LogP contribution in [0.5, 0.6) is 0 Å². The van der Waals surface area contributed by atoms with Gasteiger partial charge in [-0.25, -0.2) is 9.83 Å². The summed E-state index contributed by atoms with van der Waals surface area (Å²) in [5.41, 5.74) is 3.45. The minimum absolute atomic E-state index is 0.152. The molecule has 1 aromatic carbocycles. The number of hydrogen-bond acceptors (Lipinski definition) is 2. The highest BCUT2D eigenvalue weighted by atomic mass is 35.5. The predicted octanol–water partition coefficient (Wildman–Crippen LogP) is 3.70. The standard InChI is InChI=1S/C15H10ClN3O/c1-17-12-6-7-14-18-15(13(9-20)19(14)8-12)10-2-4-11(16)5-3-10/h2-8,20H,9H2. The highest BCUT2D eigenvalue weighted by Gasteiger charge is 2.13. The van der Waals surface area contributed by atoms with Crippen molar-refractivity contribution in [2.24, 2.45) is 0 Å². The lowest BCUT2D eigenvalue weighted by Gasteiger charge is -2.02. The van der Waals surface area contributed by atoms with Gasteiger partial charge in [-0.2, -0.15) is 0 Å². The molecule has 0 saturated heterocycles. The first kappa shape index (κ1) is 12.7. The van der Waals surface area contributed by atoms with Gasteiger partial charge in [0.2, 0.25) is 5.69 Å². The zero-order valence-electron chi connectivity index (χ0n) is 10.4. The fourth-order valence-electron chi connectivity index (χ4n) is 2.14. The van der Waals surface area contributed by atoms with Gasteiger partial charge < -0.3 is 9.51 Å². The number of imidazole rings is 1. The molecule has 0 aliphatic heterocycles. The van der Waals surface area contributed by atoms with E-state index in [-0.39, 0.29) is 6.61 Å². The third-order valence-electron chi connectivity index (χ3n) is 3.10. The summed E-state index contributed by atoms with van der Waals surface area (Å²) in [7, 11) is 0. The molecule has 3 rings (SSSR count). The Hall–Kier alpha value is -2.35. The van der Waals surface area contributed by atoms with E-state index in [1.54, 1.807) is 34.9 Å². The van der Waals surface area contributed by atoms with Crippen LogP contribution >= 0.6 is 11.6 Å². The first-order chi connectivity index (χ1) is 9.72. The lowest BCUT2D eigenvalue weighted by molar-refractivity contribution is 0.276. The Kier molecular flexibility index (Phi) is 3.15. The molecule has 2 heterocycles. The SMILES string of the molecule is [C-]#[N+]c1ccc2nc(-c3ccc(Cl)cc3)c(CO)n2c1. The van der Waals surface area contributed by atoms with Crippen molar-refractivity contribution in [3.8, 4) is 11.3 Å². The highest BCUT2D eigenvalue weighted by Crippen LogP contribution is 2.27. The molecule has 4 nitrogen and oxygen atoms in total. The van der Waals surface area contributed by atoms with Crippen LogP contribution in [0.3, 0.4) is 0 Å². The summed E-state index contributed by atoms with van der Waals surface area (Å²) in [6.45, 7) is 6.90. The molecule has 0 bridgehead atoms. The Bertz CT molecular complexity index is 815. The maximum atomic E-state index is 9.62. The van der Waals surface area contributed by atoms with Gasteiger partial charge in [-0.3, -0.25) is 0 Å². The van der Waals surface area contributed by atoms with E-state index in [0.29, 0.717) is 27.7 Å². The molecule has 0 aliphatic rings. The Morgan fingerprint density at radius 3 is 2.60 bits per heavy atom. The van der Waals surface area contributed by atoms with Gasteiger partial charge in [-0.05, 0) is 18.2 Å². The van der Waals surface area contributed by atoms with Crippen LogP contribution in [0, 0.1) is 6.57 Å². The third-order valence-corrected chi connectivity index (χ3v) is 3.35. The molecule has 2 aromatic heterocycles. The van der Waals surface area contributed by atoms with Gasteiger partial charge in [0.1, 0.15) is 5.65 Å². The van der Waals surface area contributed by atoms with Gasteiger partial charge >= 0.3 is 0 Å². The lowest BCUT2D eigenvalue weighted by atomic mass is 10.1. The van der Waals surface area contributed by atoms with Crippen molar-refractivity contribution in [1.82, 2.24) is 9.38 Å². The van der Waals surface area contributed by atoms with Gasteiger partial charge in [0.15, 0.2) is 0 Å². The topological polar surface area (TPSA) is 41.9 Å². The number of rotatable bonds is 2. The molecule has 5 heteroatoms. The minimum atomic E-state index is -0.152. The number of fused-ring (bicyclic) bond motifs is 1. The van der Waals surface area contributed by atoms with Gasteiger partial charge in [0.05, 0.1) is 24.6 Å². The number of hydrogen-bond donors (Lipinski definition) is 1. The average molecular weight is 284 g/mol. The summed E-state index contributed by atoms with van der Waals surface area (Å²) < 4.78 is 1.75. The van der Waals surface area contributed by atoms with E-state index in [1.807, 2.05) is 12.1 Å². The van der Waals surface area contributed by atoms with Crippen LogP contribution in [0.4, 0.5) is 5.69 Å². The van der Waals surface area contributed by atoms with E-state index in [0.717, 1.165) is 5.56 Å². The van der Waals surface area contributed by atoms with E-state index >= 15 is 0 Å². The summed E-state index contributed by atoms with van der Waals surface area (Å²) in [6.07, 6.45) is 1.68. The number of halogens is 1. The van der Waals surface area contributed by atoms with E-state index in [2.05, 4.69) is 9.83 Å². The van der Waals surface area contributed by atoms with Crippen molar-refractivity contribution in [1.29, 1.82) is 0 Å². The molecule has 1 N–H and O–H groups in total. The Labute approximate surface area is 120 Å². The van der Waals surface area contributed by atoms with Crippen LogP contribution < -0.4 is 0 Å².